The van der Waals surface area contributed by atoms with Gasteiger partial charge in [0.05, 0.1) is 5.56 Å². The second-order valence-corrected chi connectivity index (χ2v) is 4.41. The highest BCUT2D eigenvalue weighted by Crippen LogP contribution is 2.14. The molecule has 0 saturated carbocycles. The summed E-state index contributed by atoms with van der Waals surface area (Å²) < 4.78 is 14.1. The zero-order valence-electron chi connectivity index (χ0n) is 11.8. The van der Waals surface area contributed by atoms with Crippen LogP contribution in [0, 0.1) is 5.82 Å². The average Bonchev–Trinajstić information content (AvgIpc) is 2.50. The van der Waals surface area contributed by atoms with E-state index in [4.69, 9.17) is 0 Å². The minimum atomic E-state index is -0.624. The molecule has 1 amide bonds. The summed E-state index contributed by atoms with van der Waals surface area (Å²) in [7, 11) is 0. The SMILES string of the molecule is CCNc1nccc(C(=O)NCCc2ccncc2)c1F. The van der Waals surface area contributed by atoms with Gasteiger partial charge in [0.2, 0.25) is 0 Å². The molecule has 6 heteroatoms. The summed E-state index contributed by atoms with van der Waals surface area (Å²) in [4.78, 5) is 19.8. The molecule has 0 aliphatic rings. The molecule has 2 aromatic rings. The fraction of sp³-hybridized carbons (Fsp3) is 0.267. The molecule has 0 spiro atoms. The third-order valence-corrected chi connectivity index (χ3v) is 2.93. The first-order chi connectivity index (χ1) is 10.2. The lowest BCUT2D eigenvalue weighted by Crippen LogP contribution is -2.27. The number of nitrogens with zero attached hydrogens (tertiary/aromatic N) is 2. The monoisotopic (exact) mass is 288 g/mol. The number of carbonyl (C=O) groups is 1. The number of halogens is 1. The molecule has 110 valence electrons. The largest absolute Gasteiger partial charge is 0.368 e. The summed E-state index contributed by atoms with van der Waals surface area (Å²) in [5.41, 5.74) is 1.06. The van der Waals surface area contributed by atoms with E-state index in [-0.39, 0.29) is 11.4 Å². The number of nitrogens with one attached hydrogen (secondary N) is 2. The van der Waals surface area contributed by atoms with Crippen LogP contribution in [0.1, 0.15) is 22.8 Å². The summed E-state index contributed by atoms with van der Waals surface area (Å²) in [6.45, 7) is 2.81. The van der Waals surface area contributed by atoms with Crippen LogP contribution in [0.2, 0.25) is 0 Å². The van der Waals surface area contributed by atoms with Crippen LogP contribution in [0.25, 0.3) is 0 Å². The molecule has 2 heterocycles. The Bertz CT molecular complexity index is 604. The third kappa shape index (κ3) is 3.98. The van der Waals surface area contributed by atoms with Gasteiger partial charge in [0, 0.05) is 31.7 Å². The zero-order valence-corrected chi connectivity index (χ0v) is 11.8. The van der Waals surface area contributed by atoms with Crippen molar-refractivity contribution >= 4 is 11.7 Å². The van der Waals surface area contributed by atoms with E-state index in [1.165, 1.54) is 12.3 Å². The van der Waals surface area contributed by atoms with E-state index < -0.39 is 11.7 Å². The minimum Gasteiger partial charge on any atom is -0.368 e. The van der Waals surface area contributed by atoms with Gasteiger partial charge in [-0.2, -0.15) is 0 Å². The number of aromatic nitrogens is 2. The van der Waals surface area contributed by atoms with E-state index >= 15 is 0 Å². The van der Waals surface area contributed by atoms with Gasteiger partial charge < -0.3 is 10.6 Å². The zero-order chi connectivity index (χ0) is 15.1. The van der Waals surface area contributed by atoms with Crippen LogP contribution in [0.15, 0.2) is 36.8 Å². The second-order valence-electron chi connectivity index (χ2n) is 4.41. The van der Waals surface area contributed by atoms with Gasteiger partial charge in [-0.3, -0.25) is 9.78 Å². The minimum absolute atomic E-state index is 0.00400. The highest BCUT2D eigenvalue weighted by atomic mass is 19.1. The molecule has 0 aromatic carbocycles. The number of anilines is 1. The van der Waals surface area contributed by atoms with E-state index in [1.54, 1.807) is 12.4 Å². The van der Waals surface area contributed by atoms with Crippen LogP contribution < -0.4 is 10.6 Å². The molecule has 2 rings (SSSR count). The maximum Gasteiger partial charge on any atom is 0.254 e. The number of hydrogen-bond donors (Lipinski definition) is 2. The molecule has 0 radical (unpaired) electrons. The van der Waals surface area contributed by atoms with Crippen LogP contribution in [-0.4, -0.2) is 29.0 Å². The summed E-state index contributed by atoms with van der Waals surface area (Å²) >= 11 is 0. The lowest BCUT2D eigenvalue weighted by molar-refractivity contribution is 0.0950. The molecule has 5 nitrogen and oxygen atoms in total. The fourth-order valence-electron chi connectivity index (χ4n) is 1.87. The number of amides is 1. The quantitative estimate of drug-likeness (QED) is 0.853. The van der Waals surface area contributed by atoms with E-state index in [0.717, 1.165) is 5.56 Å². The Balaban J connectivity index is 1.96. The van der Waals surface area contributed by atoms with Gasteiger partial charge in [-0.25, -0.2) is 9.37 Å². The molecule has 2 aromatic heterocycles. The predicted octanol–water partition coefficient (Wildman–Crippen LogP) is 2.02. The van der Waals surface area contributed by atoms with Crippen molar-refractivity contribution in [1.29, 1.82) is 0 Å². The summed E-state index contributed by atoms with van der Waals surface area (Å²) in [6, 6.07) is 5.13. The Morgan fingerprint density at radius 2 is 2.00 bits per heavy atom. The highest BCUT2D eigenvalue weighted by molar-refractivity contribution is 5.95. The van der Waals surface area contributed by atoms with E-state index in [1.807, 2.05) is 19.1 Å². The molecule has 0 unspecified atom stereocenters. The molecule has 2 N–H and O–H groups in total. The molecule has 0 aliphatic carbocycles. The lowest BCUT2D eigenvalue weighted by Gasteiger charge is -2.09. The van der Waals surface area contributed by atoms with Crippen LogP contribution in [0.4, 0.5) is 10.2 Å². The van der Waals surface area contributed by atoms with Crippen molar-refractivity contribution in [2.45, 2.75) is 13.3 Å². The number of rotatable bonds is 6. The van der Waals surface area contributed by atoms with Crippen molar-refractivity contribution in [3.05, 3.63) is 53.7 Å². The van der Waals surface area contributed by atoms with Crippen molar-refractivity contribution in [3.63, 3.8) is 0 Å². The lowest BCUT2D eigenvalue weighted by atomic mass is 10.2. The average molecular weight is 288 g/mol. The van der Waals surface area contributed by atoms with Gasteiger partial charge in [-0.05, 0) is 37.1 Å². The third-order valence-electron chi connectivity index (χ3n) is 2.93. The van der Waals surface area contributed by atoms with Crippen LogP contribution >= 0.6 is 0 Å². The molecular weight excluding hydrogens is 271 g/mol. The number of carbonyl (C=O) groups excluding carboxylic acids is 1. The second kappa shape index (κ2) is 7.33. The predicted molar refractivity (Wildman–Crippen MR) is 78.6 cm³/mol. The summed E-state index contributed by atoms with van der Waals surface area (Å²) in [5, 5.41) is 5.48. The van der Waals surface area contributed by atoms with Gasteiger partial charge in [0.25, 0.3) is 5.91 Å². The van der Waals surface area contributed by atoms with Crippen molar-refractivity contribution in [2.75, 3.05) is 18.4 Å². The standard InChI is InChI=1S/C15H17FN4O/c1-2-18-14-13(16)12(6-10-19-14)15(21)20-9-5-11-3-7-17-8-4-11/h3-4,6-8,10H,2,5,9H2,1H3,(H,18,19)(H,20,21). The Hall–Kier alpha value is -2.50. The number of pyridine rings is 2. The first-order valence-electron chi connectivity index (χ1n) is 6.78. The summed E-state index contributed by atoms with van der Waals surface area (Å²) in [5.74, 6) is -0.969. The number of hydrogen-bond acceptors (Lipinski definition) is 4. The first-order valence-corrected chi connectivity index (χ1v) is 6.78. The highest BCUT2D eigenvalue weighted by Gasteiger charge is 2.15. The molecular formula is C15H17FN4O. The Labute approximate surface area is 122 Å². The van der Waals surface area contributed by atoms with Crippen LogP contribution in [-0.2, 0) is 6.42 Å². The van der Waals surface area contributed by atoms with E-state index in [9.17, 15) is 9.18 Å². The van der Waals surface area contributed by atoms with Crippen molar-refractivity contribution in [1.82, 2.24) is 15.3 Å². The maximum absolute atomic E-state index is 14.1. The normalized spacial score (nSPS) is 10.2. The smallest absolute Gasteiger partial charge is 0.254 e. The van der Waals surface area contributed by atoms with Gasteiger partial charge in [0.1, 0.15) is 0 Å². The van der Waals surface area contributed by atoms with Crippen molar-refractivity contribution in [2.24, 2.45) is 0 Å². The van der Waals surface area contributed by atoms with Crippen LogP contribution in [0.5, 0.6) is 0 Å². The fourth-order valence-corrected chi connectivity index (χ4v) is 1.87. The van der Waals surface area contributed by atoms with E-state index in [2.05, 4.69) is 20.6 Å². The molecule has 0 bridgehead atoms. The van der Waals surface area contributed by atoms with Crippen molar-refractivity contribution in [3.8, 4) is 0 Å². The Morgan fingerprint density at radius 3 is 2.71 bits per heavy atom. The molecule has 0 saturated heterocycles. The molecule has 0 fully saturated rings. The van der Waals surface area contributed by atoms with E-state index in [0.29, 0.717) is 19.5 Å². The Kier molecular flexibility index (Phi) is 5.20. The van der Waals surface area contributed by atoms with Gasteiger partial charge in [0.15, 0.2) is 11.6 Å². The van der Waals surface area contributed by atoms with Gasteiger partial charge in [-0.1, -0.05) is 0 Å². The van der Waals surface area contributed by atoms with Crippen molar-refractivity contribution < 1.29 is 9.18 Å². The molecule has 21 heavy (non-hydrogen) atoms. The van der Waals surface area contributed by atoms with Crippen LogP contribution in [0.3, 0.4) is 0 Å². The van der Waals surface area contributed by atoms with Gasteiger partial charge in [-0.15, -0.1) is 0 Å². The Morgan fingerprint density at radius 1 is 1.24 bits per heavy atom. The maximum atomic E-state index is 14.1. The molecule has 0 atom stereocenters. The first kappa shape index (κ1) is 14.9. The topological polar surface area (TPSA) is 66.9 Å². The van der Waals surface area contributed by atoms with Gasteiger partial charge >= 0.3 is 0 Å². The molecule has 0 aliphatic heterocycles. The summed E-state index contributed by atoms with van der Waals surface area (Å²) in [6.07, 6.45) is 5.48.